The monoisotopic (exact) mass is 98.1 g/mol. The molecule has 0 amide bonds. The molecule has 0 aromatic rings. The van der Waals surface area contributed by atoms with Crippen LogP contribution in [-0.2, 0) is 4.74 Å². The molecular weight excluding hydrogens is 88.1 g/mol. The first-order chi connectivity index (χ1) is 3.38. The molecule has 0 spiro atoms. The van der Waals surface area contributed by atoms with Crippen molar-refractivity contribution in [1.82, 2.24) is 0 Å². The first-order valence-corrected chi connectivity index (χ1v) is 2.99. The van der Waals surface area contributed by atoms with Crippen LogP contribution in [0.25, 0.3) is 0 Å². The zero-order valence-electron chi connectivity index (χ0n) is 4.55. The Hall–Kier alpha value is -0.0400. The molecule has 40 valence electrons. The van der Waals surface area contributed by atoms with Gasteiger partial charge in [0.1, 0.15) is 0 Å². The zero-order chi connectivity index (χ0) is 4.85. The Morgan fingerprint density at radius 2 is 2.43 bits per heavy atom. The first-order valence-electron chi connectivity index (χ1n) is 2.99. The molecule has 2 fully saturated rings. The topological polar surface area (TPSA) is 9.23 Å². The third-order valence-electron chi connectivity index (χ3n) is 2.20. The Kier molecular flexibility index (Phi) is 0.571. The summed E-state index contributed by atoms with van der Waals surface area (Å²) in [6.07, 6.45) is 2.10. The molecule has 1 heteroatoms. The van der Waals surface area contributed by atoms with Gasteiger partial charge in [0, 0.05) is 5.92 Å². The fraction of sp³-hybridized carbons (Fsp3) is 1.00. The van der Waals surface area contributed by atoms with E-state index in [9.17, 15) is 0 Å². The molecule has 1 aliphatic heterocycles. The Bertz CT molecular complexity index is 86.2. The van der Waals surface area contributed by atoms with E-state index in [-0.39, 0.29) is 0 Å². The molecule has 0 N–H and O–H groups in total. The molecule has 2 aliphatic rings. The predicted molar refractivity (Wildman–Crippen MR) is 27.0 cm³/mol. The second-order valence-electron chi connectivity index (χ2n) is 2.77. The normalized spacial score (nSPS) is 57.0. The van der Waals surface area contributed by atoms with Crippen LogP contribution >= 0.6 is 0 Å². The van der Waals surface area contributed by atoms with Gasteiger partial charge in [-0.15, -0.1) is 0 Å². The van der Waals surface area contributed by atoms with Gasteiger partial charge in [-0.2, -0.15) is 0 Å². The van der Waals surface area contributed by atoms with Crippen molar-refractivity contribution in [2.24, 2.45) is 11.8 Å². The van der Waals surface area contributed by atoms with E-state index < -0.39 is 0 Å². The van der Waals surface area contributed by atoms with Gasteiger partial charge in [-0.3, -0.25) is 0 Å². The zero-order valence-corrected chi connectivity index (χ0v) is 4.55. The van der Waals surface area contributed by atoms with Crippen molar-refractivity contribution < 1.29 is 4.74 Å². The van der Waals surface area contributed by atoms with Gasteiger partial charge < -0.3 is 4.74 Å². The second-order valence-corrected chi connectivity index (χ2v) is 2.77. The van der Waals surface area contributed by atoms with Gasteiger partial charge in [-0.05, 0) is 12.3 Å². The number of fused-ring (bicyclic) bond motifs is 1. The minimum absolute atomic E-state index is 0.681. The summed E-state index contributed by atoms with van der Waals surface area (Å²) >= 11 is 0. The maximum absolute atomic E-state index is 5.24. The van der Waals surface area contributed by atoms with Gasteiger partial charge in [-0.25, -0.2) is 0 Å². The summed E-state index contributed by atoms with van der Waals surface area (Å²) < 4.78 is 5.24. The fourth-order valence-electron chi connectivity index (χ4n) is 1.59. The molecule has 1 nitrogen and oxygen atoms in total. The molecule has 0 aromatic heterocycles. The summed E-state index contributed by atoms with van der Waals surface area (Å²) in [6, 6.07) is 0. The number of rotatable bonds is 0. The Morgan fingerprint density at radius 3 is 2.43 bits per heavy atom. The van der Waals surface area contributed by atoms with Crippen molar-refractivity contribution in [3.8, 4) is 0 Å². The second kappa shape index (κ2) is 1.03. The van der Waals surface area contributed by atoms with E-state index in [0.717, 1.165) is 18.4 Å². The minimum atomic E-state index is 0.681. The van der Waals surface area contributed by atoms with Gasteiger partial charge in [0.2, 0.25) is 0 Å². The summed E-state index contributed by atoms with van der Waals surface area (Å²) in [4.78, 5) is 0. The quantitative estimate of drug-likeness (QED) is 0.440. The van der Waals surface area contributed by atoms with Gasteiger partial charge in [-0.1, -0.05) is 6.92 Å². The van der Waals surface area contributed by atoms with E-state index in [4.69, 9.17) is 4.74 Å². The van der Waals surface area contributed by atoms with Gasteiger partial charge in [0.15, 0.2) is 0 Å². The van der Waals surface area contributed by atoms with Crippen LogP contribution in [0.2, 0.25) is 0 Å². The van der Waals surface area contributed by atoms with Crippen LogP contribution in [0.5, 0.6) is 0 Å². The lowest BCUT2D eigenvalue weighted by Gasteiger charge is -2.51. The van der Waals surface area contributed by atoms with Crippen molar-refractivity contribution in [2.75, 3.05) is 6.61 Å². The van der Waals surface area contributed by atoms with Crippen LogP contribution in [-0.4, -0.2) is 12.7 Å². The van der Waals surface area contributed by atoms with Crippen molar-refractivity contribution in [3.05, 3.63) is 0 Å². The lowest BCUT2D eigenvalue weighted by molar-refractivity contribution is -0.208. The lowest BCUT2D eigenvalue weighted by Crippen LogP contribution is -2.54. The number of hydrogen-bond donors (Lipinski definition) is 0. The van der Waals surface area contributed by atoms with Crippen molar-refractivity contribution >= 4 is 0 Å². The Labute approximate surface area is 43.7 Å². The van der Waals surface area contributed by atoms with Crippen molar-refractivity contribution in [1.29, 1.82) is 0 Å². The highest BCUT2D eigenvalue weighted by atomic mass is 16.5. The van der Waals surface area contributed by atoms with E-state index in [0.29, 0.717) is 6.10 Å². The average molecular weight is 98.1 g/mol. The third kappa shape index (κ3) is 0.325. The standard InChI is InChI=1S/C6H10O/c1-4-2-5-3-7-6(4)5/h4-6H,2-3H2,1H3/t4-,5-,6-/m1/s1. The van der Waals surface area contributed by atoms with Crippen molar-refractivity contribution in [2.45, 2.75) is 19.4 Å². The van der Waals surface area contributed by atoms with Crippen LogP contribution in [0.4, 0.5) is 0 Å². The van der Waals surface area contributed by atoms with E-state index in [1.54, 1.807) is 0 Å². The molecule has 1 heterocycles. The molecule has 1 saturated heterocycles. The maximum atomic E-state index is 5.24. The van der Waals surface area contributed by atoms with Crippen LogP contribution in [0.3, 0.4) is 0 Å². The minimum Gasteiger partial charge on any atom is -0.377 e. The molecule has 3 atom stereocenters. The third-order valence-corrected chi connectivity index (χ3v) is 2.20. The van der Waals surface area contributed by atoms with Crippen LogP contribution in [0.15, 0.2) is 0 Å². The average Bonchev–Trinajstić information content (AvgIpc) is 1.59. The fourth-order valence-corrected chi connectivity index (χ4v) is 1.59. The summed E-state index contributed by atoms with van der Waals surface area (Å²) in [7, 11) is 0. The number of hydrogen-bond acceptors (Lipinski definition) is 1. The molecule has 7 heavy (non-hydrogen) atoms. The Morgan fingerprint density at radius 1 is 1.57 bits per heavy atom. The molecule has 0 unspecified atom stereocenters. The SMILES string of the molecule is C[C@@H]1C[C@@H]2CO[C@@H]21. The highest BCUT2D eigenvalue weighted by molar-refractivity contribution is 4.93. The molecule has 0 bridgehead atoms. The lowest BCUT2D eigenvalue weighted by atomic mass is 9.70. The first kappa shape index (κ1) is 3.90. The van der Waals surface area contributed by atoms with Crippen molar-refractivity contribution in [3.63, 3.8) is 0 Å². The van der Waals surface area contributed by atoms with Gasteiger partial charge in [0.25, 0.3) is 0 Å². The van der Waals surface area contributed by atoms with E-state index in [1.807, 2.05) is 0 Å². The molecule has 0 radical (unpaired) electrons. The van der Waals surface area contributed by atoms with Crippen LogP contribution in [0, 0.1) is 11.8 Å². The van der Waals surface area contributed by atoms with E-state index in [1.165, 1.54) is 6.42 Å². The predicted octanol–water partition coefficient (Wildman–Crippen LogP) is 1.04. The molecular formula is C6H10O. The summed E-state index contributed by atoms with van der Waals surface area (Å²) in [6.45, 7) is 3.31. The van der Waals surface area contributed by atoms with Crippen LogP contribution < -0.4 is 0 Å². The Balaban J connectivity index is 1.99. The summed E-state index contributed by atoms with van der Waals surface area (Å²) in [5.41, 5.74) is 0. The van der Waals surface area contributed by atoms with E-state index in [2.05, 4.69) is 6.92 Å². The molecule has 1 saturated carbocycles. The molecule has 1 aliphatic carbocycles. The van der Waals surface area contributed by atoms with E-state index >= 15 is 0 Å². The number of ether oxygens (including phenoxy) is 1. The highest BCUT2D eigenvalue weighted by Gasteiger charge is 2.45. The molecule has 2 rings (SSSR count). The smallest absolute Gasteiger partial charge is 0.0651 e. The largest absolute Gasteiger partial charge is 0.377 e. The summed E-state index contributed by atoms with van der Waals surface area (Å²) in [5, 5.41) is 0. The summed E-state index contributed by atoms with van der Waals surface area (Å²) in [5.74, 6) is 1.84. The van der Waals surface area contributed by atoms with Gasteiger partial charge in [0.05, 0.1) is 12.7 Å². The highest BCUT2D eigenvalue weighted by Crippen LogP contribution is 2.43. The van der Waals surface area contributed by atoms with Gasteiger partial charge >= 0.3 is 0 Å². The van der Waals surface area contributed by atoms with Crippen LogP contribution in [0.1, 0.15) is 13.3 Å². The maximum Gasteiger partial charge on any atom is 0.0651 e. The molecule has 0 aromatic carbocycles.